The van der Waals surface area contributed by atoms with Gasteiger partial charge in [-0.15, -0.1) is 0 Å². The van der Waals surface area contributed by atoms with Gasteiger partial charge in [-0.05, 0) is 41.2 Å². The average molecular weight is 410 g/mol. The minimum absolute atomic E-state index is 0.0389. The van der Waals surface area contributed by atoms with Gasteiger partial charge in [0.2, 0.25) is 5.91 Å². The molecule has 30 heavy (non-hydrogen) atoms. The first-order valence-corrected chi connectivity index (χ1v) is 10.5. The number of hydrogen-bond donors (Lipinski definition) is 2. The van der Waals surface area contributed by atoms with E-state index in [1.54, 1.807) is 24.3 Å². The maximum Gasteiger partial charge on any atom is 0.257 e. The van der Waals surface area contributed by atoms with Gasteiger partial charge in [0.1, 0.15) is 5.75 Å². The summed E-state index contributed by atoms with van der Waals surface area (Å²) in [5.74, 6) is 0.500. The molecule has 3 rings (SSSR count). The lowest BCUT2D eigenvalue weighted by Gasteiger charge is -2.38. The Bertz CT molecular complexity index is 864. The average Bonchev–Trinajstić information content (AvgIpc) is 2.72. The number of carbonyl (C=O) groups is 2. The molecule has 1 heterocycles. The van der Waals surface area contributed by atoms with Gasteiger partial charge in [-0.3, -0.25) is 14.5 Å². The van der Waals surface area contributed by atoms with Gasteiger partial charge in [-0.1, -0.05) is 50.2 Å². The molecule has 0 unspecified atom stereocenters. The highest BCUT2D eigenvalue weighted by Gasteiger charge is 2.26. The van der Waals surface area contributed by atoms with Crippen LogP contribution in [0.1, 0.15) is 30.5 Å². The molecule has 1 atom stereocenters. The molecular formula is C24H31N3O3. The zero-order valence-corrected chi connectivity index (χ0v) is 17.8. The van der Waals surface area contributed by atoms with E-state index in [9.17, 15) is 9.59 Å². The highest BCUT2D eigenvalue weighted by atomic mass is 16.5. The second kappa shape index (κ2) is 10.3. The van der Waals surface area contributed by atoms with E-state index in [2.05, 4.69) is 48.3 Å². The van der Waals surface area contributed by atoms with Crippen LogP contribution in [0.4, 0.5) is 0 Å². The molecule has 0 aliphatic carbocycles. The first-order chi connectivity index (χ1) is 14.4. The first kappa shape index (κ1) is 21.8. The molecule has 0 bridgehead atoms. The Morgan fingerprint density at radius 2 is 1.80 bits per heavy atom. The Morgan fingerprint density at radius 1 is 1.10 bits per heavy atom. The van der Waals surface area contributed by atoms with Gasteiger partial charge in [0.25, 0.3) is 5.91 Å². The maximum atomic E-state index is 12.3. The molecule has 6 nitrogen and oxygen atoms in total. The molecule has 0 saturated carbocycles. The van der Waals surface area contributed by atoms with Crippen LogP contribution < -0.4 is 15.8 Å². The molecule has 0 aromatic heterocycles. The van der Waals surface area contributed by atoms with Crippen LogP contribution in [0.25, 0.3) is 0 Å². The molecule has 0 saturated heterocycles. The van der Waals surface area contributed by atoms with Crippen LogP contribution >= 0.6 is 0 Å². The molecule has 2 amide bonds. The van der Waals surface area contributed by atoms with Crippen molar-refractivity contribution in [2.45, 2.75) is 39.3 Å². The van der Waals surface area contributed by atoms with Crippen molar-refractivity contribution < 1.29 is 14.3 Å². The number of nitrogens with one attached hydrogen (secondary N) is 1. The molecule has 160 valence electrons. The van der Waals surface area contributed by atoms with E-state index in [1.165, 1.54) is 11.1 Å². The first-order valence-electron chi connectivity index (χ1n) is 10.5. The zero-order valence-electron chi connectivity index (χ0n) is 17.8. The highest BCUT2D eigenvalue weighted by Crippen LogP contribution is 2.22. The van der Waals surface area contributed by atoms with Crippen LogP contribution in [0.15, 0.2) is 48.5 Å². The van der Waals surface area contributed by atoms with Crippen LogP contribution in [0, 0.1) is 5.92 Å². The van der Waals surface area contributed by atoms with Crippen LogP contribution in [-0.4, -0.2) is 42.5 Å². The summed E-state index contributed by atoms with van der Waals surface area (Å²) < 4.78 is 5.57. The second-order valence-corrected chi connectivity index (χ2v) is 8.18. The Kier molecular flexibility index (Phi) is 7.46. The van der Waals surface area contributed by atoms with Crippen LogP contribution in [-0.2, 0) is 29.0 Å². The van der Waals surface area contributed by atoms with E-state index in [-0.39, 0.29) is 30.9 Å². The van der Waals surface area contributed by atoms with Gasteiger partial charge in [0.05, 0.1) is 6.42 Å². The van der Waals surface area contributed by atoms with Crippen molar-refractivity contribution in [2.24, 2.45) is 11.7 Å². The van der Waals surface area contributed by atoms with Crippen molar-refractivity contribution in [3.05, 3.63) is 65.2 Å². The quantitative estimate of drug-likeness (QED) is 0.666. The van der Waals surface area contributed by atoms with Crippen LogP contribution in [0.2, 0.25) is 0 Å². The summed E-state index contributed by atoms with van der Waals surface area (Å²) in [7, 11) is 0. The molecule has 1 aliphatic heterocycles. The number of rotatable bonds is 9. The molecule has 2 aromatic rings. The summed E-state index contributed by atoms with van der Waals surface area (Å²) in [6.45, 7) is 6.87. The lowest BCUT2D eigenvalue weighted by molar-refractivity contribution is -0.123. The predicted octanol–water partition coefficient (Wildman–Crippen LogP) is 2.29. The molecule has 0 radical (unpaired) electrons. The van der Waals surface area contributed by atoms with E-state index in [1.807, 2.05) is 0 Å². The zero-order chi connectivity index (χ0) is 21.5. The molecule has 1 aliphatic rings. The Hall–Kier alpha value is -2.86. The fourth-order valence-corrected chi connectivity index (χ4v) is 3.91. The Labute approximate surface area is 178 Å². The van der Waals surface area contributed by atoms with E-state index in [4.69, 9.17) is 10.5 Å². The number of ether oxygens (including phenoxy) is 1. The minimum atomic E-state index is -0.375. The third-order valence-electron chi connectivity index (χ3n) is 5.58. The number of amides is 2. The largest absolute Gasteiger partial charge is 0.484 e. The number of benzene rings is 2. The monoisotopic (exact) mass is 409 g/mol. The molecule has 6 heteroatoms. The molecule has 3 N–H and O–H groups in total. The number of hydrogen-bond acceptors (Lipinski definition) is 4. The normalized spacial score (nSPS) is 14.8. The van der Waals surface area contributed by atoms with Gasteiger partial charge in [0.15, 0.2) is 6.61 Å². The number of carbonyl (C=O) groups excluding carboxylic acids is 2. The highest BCUT2D eigenvalue weighted by molar-refractivity contribution is 5.77. The van der Waals surface area contributed by atoms with Crippen molar-refractivity contribution in [2.75, 3.05) is 19.7 Å². The van der Waals surface area contributed by atoms with Gasteiger partial charge in [-0.25, -0.2) is 0 Å². The van der Waals surface area contributed by atoms with Gasteiger partial charge in [-0.2, -0.15) is 0 Å². The van der Waals surface area contributed by atoms with Crippen LogP contribution in [0.3, 0.4) is 0 Å². The maximum absolute atomic E-state index is 12.3. The molecule has 2 aromatic carbocycles. The summed E-state index contributed by atoms with van der Waals surface area (Å²) in [6, 6.07) is 15.9. The van der Waals surface area contributed by atoms with Crippen molar-refractivity contribution in [1.29, 1.82) is 0 Å². The SMILES string of the molecule is CC(C)[C@@H](CNC(=O)COc1ccc(CC(N)=O)cc1)N1CCc2ccccc2C1. The third-order valence-corrected chi connectivity index (χ3v) is 5.58. The van der Waals surface area contributed by atoms with Gasteiger partial charge >= 0.3 is 0 Å². The van der Waals surface area contributed by atoms with Crippen molar-refractivity contribution in [3.63, 3.8) is 0 Å². The van der Waals surface area contributed by atoms with Crippen LogP contribution in [0.5, 0.6) is 5.75 Å². The predicted molar refractivity (Wildman–Crippen MR) is 117 cm³/mol. The topological polar surface area (TPSA) is 84.7 Å². The number of nitrogens with two attached hydrogens (primary N) is 1. The van der Waals surface area contributed by atoms with Crippen molar-refractivity contribution in [1.82, 2.24) is 10.2 Å². The lowest BCUT2D eigenvalue weighted by Crippen LogP contribution is -2.49. The Balaban J connectivity index is 1.48. The summed E-state index contributed by atoms with van der Waals surface area (Å²) in [5.41, 5.74) is 8.82. The van der Waals surface area contributed by atoms with Crippen molar-refractivity contribution in [3.8, 4) is 5.75 Å². The molecular weight excluding hydrogens is 378 g/mol. The second-order valence-electron chi connectivity index (χ2n) is 8.18. The molecule has 0 fully saturated rings. The Morgan fingerprint density at radius 3 is 2.47 bits per heavy atom. The van der Waals surface area contributed by atoms with E-state index < -0.39 is 0 Å². The summed E-state index contributed by atoms with van der Waals surface area (Å²) in [5, 5.41) is 3.03. The fraction of sp³-hybridized carbons (Fsp3) is 0.417. The summed E-state index contributed by atoms with van der Waals surface area (Å²) in [6.07, 6.45) is 1.24. The van der Waals surface area contributed by atoms with Crippen molar-refractivity contribution >= 4 is 11.8 Å². The minimum Gasteiger partial charge on any atom is -0.484 e. The summed E-state index contributed by atoms with van der Waals surface area (Å²) >= 11 is 0. The van der Waals surface area contributed by atoms with Gasteiger partial charge in [0, 0.05) is 25.7 Å². The number of primary amides is 1. The van der Waals surface area contributed by atoms with E-state index in [0.717, 1.165) is 25.1 Å². The fourth-order valence-electron chi connectivity index (χ4n) is 3.91. The number of nitrogens with zero attached hydrogens (tertiary/aromatic N) is 1. The third kappa shape index (κ3) is 6.07. The van der Waals surface area contributed by atoms with Gasteiger partial charge < -0.3 is 15.8 Å². The molecule has 0 spiro atoms. The standard InChI is InChI=1S/C24H31N3O3/c1-17(2)22(27-12-11-19-5-3-4-6-20(19)15-27)14-26-24(29)16-30-21-9-7-18(8-10-21)13-23(25)28/h3-10,17,22H,11-16H2,1-2H3,(H2,25,28)(H,26,29)/t22-/m1/s1. The van der Waals surface area contributed by atoms with E-state index in [0.29, 0.717) is 18.2 Å². The smallest absolute Gasteiger partial charge is 0.257 e. The number of fused-ring (bicyclic) bond motifs is 1. The van der Waals surface area contributed by atoms with E-state index >= 15 is 0 Å². The lowest BCUT2D eigenvalue weighted by atomic mass is 9.95. The summed E-state index contributed by atoms with van der Waals surface area (Å²) in [4.78, 5) is 25.7.